The average molecular weight is 258 g/mol. The number of hydrogen-bond donors (Lipinski definition) is 1. The monoisotopic (exact) mass is 258 g/mol. The summed E-state index contributed by atoms with van der Waals surface area (Å²) >= 11 is 0. The first kappa shape index (κ1) is 13.0. The Hall–Kier alpha value is -0.980. The predicted octanol–water partition coefficient (Wildman–Crippen LogP) is 4.94. The zero-order valence-corrected chi connectivity index (χ0v) is 12.9. The smallest absolute Gasteiger partial charge is 0.121 e. The summed E-state index contributed by atoms with van der Waals surface area (Å²) in [6, 6.07) is 4.30. The van der Waals surface area contributed by atoms with E-state index in [1.54, 1.807) is 0 Å². The fourth-order valence-electron chi connectivity index (χ4n) is 4.93. The molecule has 1 heteroatoms. The van der Waals surface area contributed by atoms with Gasteiger partial charge in [0.15, 0.2) is 0 Å². The number of rotatable bonds is 1. The Morgan fingerprint density at radius 2 is 1.84 bits per heavy atom. The molecule has 1 aromatic carbocycles. The highest BCUT2D eigenvalue weighted by Crippen LogP contribution is 2.71. The minimum atomic E-state index is 0.343. The molecule has 0 heterocycles. The highest BCUT2D eigenvalue weighted by Gasteiger charge is 2.61. The van der Waals surface area contributed by atoms with Crippen molar-refractivity contribution in [1.29, 1.82) is 0 Å². The first-order chi connectivity index (χ1) is 8.77. The third kappa shape index (κ3) is 1.53. The molecule has 0 saturated heterocycles. The highest BCUT2D eigenvalue weighted by atomic mass is 16.3. The molecule has 1 N–H and O–H groups in total. The second kappa shape index (κ2) is 3.77. The standard InChI is InChI=1S/C18H26O/c1-11-8-12(2)16(19)14(9-11)15-10-13-6-7-18(15,5)17(13,3)4/h8-9,13,15,19H,6-7,10H2,1-5H3/t13-,15+,18-/m1/s1. The summed E-state index contributed by atoms with van der Waals surface area (Å²) in [6.07, 6.45) is 3.92. The lowest BCUT2D eigenvalue weighted by molar-refractivity contribution is 0.133. The van der Waals surface area contributed by atoms with E-state index in [0.29, 0.717) is 22.5 Å². The second-order valence-electron chi connectivity index (χ2n) is 7.68. The van der Waals surface area contributed by atoms with Crippen LogP contribution < -0.4 is 0 Å². The molecule has 3 rings (SSSR count). The lowest BCUT2D eigenvalue weighted by Gasteiger charge is -2.40. The molecule has 104 valence electrons. The number of phenolic OH excluding ortho intramolecular Hbond substituents is 1. The van der Waals surface area contributed by atoms with E-state index in [0.717, 1.165) is 11.5 Å². The van der Waals surface area contributed by atoms with Crippen molar-refractivity contribution in [3.05, 3.63) is 28.8 Å². The van der Waals surface area contributed by atoms with Crippen LogP contribution in [0.25, 0.3) is 0 Å². The molecule has 1 nitrogen and oxygen atoms in total. The van der Waals surface area contributed by atoms with E-state index in [9.17, 15) is 5.11 Å². The Morgan fingerprint density at radius 1 is 1.16 bits per heavy atom. The minimum absolute atomic E-state index is 0.343. The van der Waals surface area contributed by atoms with Crippen LogP contribution in [0.3, 0.4) is 0 Å². The topological polar surface area (TPSA) is 20.2 Å². The Bertz CT molecular complexity index is 529. The Kier molecular flexibility index (Phi) is 2.59. The molecule has 3 atom stereocenters. The first-order valence-corrected chi connectivity index (χ1v) is 7.57. The van der Waals surface area contributed by atoms with Crippen molar-refractivity contribution in [2.24, 2.45) is 16.7 Å². The first-order valence-electron chi connectivity index (χ1n) is 7.57. The molecule has 19 heavy (non-hydrogen) atoms. The van der Waals surface area contributed by atoms with Gasteiger partial charge in [-0.1, -0.05) is 38.5 Å². The van der Waals surface area contributed by atoms with E-state index >= 15 is 0 Å². The largest absolute Gasteiger partial charge is 0.507 e. The summed E-state index contributed by atoms with van der Waals surface area (Å²) in [4.78, 5) is 0. The van der Waals surface area contributed by atoms with E-state index in [1.807, 2.05) is 6.92 Å². The van der Waals surface area contributed by atoms with Crippen LogP contribution in [0.15, 0.2) is 12.1 Å². The summed E-state index contributed by atoms with van der Waals surface area (Å²) in [7, 11) is 0. The molecule has 2 bridgehead atoms. The molecule has 2 fully saturated rings. The van der Waals surface area contributed by atoms with Gasteiger partial charge in [-0.2, -0.15) is 0 Å². The van der Waals surface area contributed by atoms with Gasteiger partial charge < -0.3 is 5.11 Å². The van der Waals surface area contributed by atoms with Crippen molar-refractivity contribution in [2.75, 3.05) is 0 Å². The zero-order chi connectivity index (χ0) is 14.0. The molecule has 0 amide bonds. The molecule has 0 unspecified atom stereocenters. The fraction of sp³-hybridized carbons (Fsp3) is 0.667. The Balaban J connectivity index is 2.11. The van der Waals surface area contributed by atoms with Gasteiger partial charge in [0.05, 0.1) is 0 Å². The van der Waals surface area contributed by atoms with Crippen molar-refractivity contribution >= 4 is 0 Å². The molecule has 2 aliphatic carbocycles. The summed E-state index contributed by atoms with van der Waals surface area (Å²) in [5, 5.41) is 10.5. The van der Waals surface area contributed by atoms with E-state index in [4.69, 9.17) is 0 Å². The molecular weight excluding hydrogens is 232 g/mol. The van der Waals surface area contributed by atoms with Crippen molar-refractivity contribution in [3.8, 4) is 5.75 Å². The molecule has 0 spiro atoms. The maximum atomic E-state index is 10.5. The van der Waals surface area contributed by atoms with Crippen LogP contribution in [0.1, 0.15) is 62.6 Å². The van der Waals surface area contributed by atoms with Gasteiger partial charge in [-0.15, -0.1) is 0 Å². The van der Waals surface area contributed by atoms with Gasteiger partial charge in [-0.25, -0.2) is 0 Å². The number of aromatic hydroxyl groups is 1. The van der Waals surface area contributed by atoms with E-state index < -0.39 is 0 Å². The maximum Gasteiger partial charge on any atom is 0.121 e. The van der Waals surface area contributed by atoms with E-state index in [2.05, 4.69) is 39.8 Å². The molecule has 2 aliphatic rings. The fourth-order valence-corrected chi connectivity index (χ4v) is 4.93. The van der Waals surface area contributed by atoms with Crippen LogP contribution in [-0.4, -0.2) is 5.11 Å². The molecule has 0 aromatic heterocycles. The van der Waals surface area contributed by atoms with E-state index in [1.165, 1.54) is 30.4 Å². The van der Waals surface area contributed by atoms with Gasteiger partial charge >= 0.3 is 0 Å². The van der Waals surface area contributed by atoms with Gasteiger partial charge in [0.2, 0.25) is 0 Å². The third-order valence-corrected chi connectivity index (χ3v) is 6.64. The van der Waals surface area contributed by atoms with Crippen molar-refractivity contribution < 1.29 is 5.11 Å². The quantitative estimate of drug-likeness (QED) is 0.756. The molecule has 2 saturated carbocycles. The van der Waals surface area contributed by atoms with Crippen LogP contribution in [-0.2, 0) is 0 Å². The van der Waals surface area contributed by atoms with Crippen molar-refractivity contribution in [3.63, 3.8) is 0 Å². The van der Waals surface area contributed by atoms with Gasteiger partial charge in [0.1, 0.15) is 5.75 Å². The summed E-state index contributed by atoms with van der Waals surface area (Å²) in [5.74, 6) is 1.89. The van der Waals surface area contributed by atoms with E-state index in [-0.39, 0.29) is 0 Å². The van der Waals surface area contributed by atoms with Gasteiger partial charge in [0, 0.05) is 0 Å². The number of aryl methyl sites for hydroxylation is 2. The molecule has 0 aliphatic heterocycles. The zero-order valence-electron chi connectivity index (χ0n) is 12.9. The minimum Gasteiger partial charge on any atom is -0.507 e. The van der Waals surface area contributed by atoms with Gasteiger partial charge in [-0.3, -0.25) is 0 Å². The molecule has 1 aromatic rings. The lowest BCUT2D eigenvalue weighted by atomic mass is 9.64. The number of fused-ring (bicyclic) bond motifs is 2. The average Bonchev–Trinajstić information content (AvgIpc) is 2.66. The highest BCUT2D eigenvalue weighted by molar-refractivity contribution is 5.46. The number of hydrogen-bond acceptors (Lipinski definition) is 1. The van der Waals surface area contributed by atoms with Crippen molar-refractivity contribution in [2.45, 2.75) is 59.8 Å². The van der Waals surface area contributed by atoms with Crippen LogP contribution in [0, 0.1) is 30.6 Å². The van der Waals surface area contributed by atoms with Gasteiger partial charge in [0.25, 0.3) is 0 Å². The summed E-state index contributed by atoms with van der Waals surface area (Å²) < 4.78 is 0. The van der Waals surface area contributed by atoms with Gasteiger partial charge in [-0.05, 0) is 66.9 Å². The predicted molar refractivity (Wildman–Crippen MR) is 79.6 cm³/mol. The SMILES string of the molecule is Cc1cc(C)c(O)c([C@@H]2C[C@H]3CC[C@@]2(C)C3(C)C)c1. The third-order valence-electron chi connectivity index (χ3n) is 6.64. The van der Waals surface area contributed by atoms with Crippen molar-refractivity contribution in [1.82, 2.24) is 0 Å². The number of benzene rings is 1. The second-order valence-corrected chi connectivity index (χ2v) is 7.68. The molecule has 0 radical (unpaired) electrons. The normalized spacial score (nSPS) is 35.8. The summed E-state index contributed by atoms with van der Waals surface area (Å²) in [5.41, 5.74) is 4.25. The van der Waals surface area contributed by atoms with Crippen LogP contribution >= 0.6 is 0 Å². The van der Waals surface area contributed by atoms with Crippen LogP contribution in [0.5, 0.6) is 5.75 Å². The van der Waals surface area contributed by atoms with Crippen LogP contribution in [0.4, 0.5) is 0 Å². The Labute approximate surface area is 117 Å². The molecular formula is C18H26O. The number of phenols is 1. The lowest BCUT2D eigenvalue weighted by Crippen LogP contribution is -2.31. The summed E-state index contributed by atoms with van der Waals surface area (Å²) in [6.45, 7) is 11.5. The Morgan fingerprint density at radius 3 is 2.37 bits per heavy atom. The maximum absolute atomic E-state index is 10.5. The van der Waals surface area contributed by atoms with Crippen LogP contribution in [0.2, 0.25) is 0 Å².